The summed E-state index contributed by atoms with van der Waals surface area (Å²) in [4.78, 5) is 0.574. The van der Waals surface area contributed by atoms with Crippen LogP contribution < -0.4 is 0 Å². The van der Waals surface area contributed by atoms with Crippen molar-refractivity contribution in [3.05, 3.63) is 66.2 Å². The molecule has 0 N–H and O–H groups in total. The summed E-state index contributed by atoms with van der Waals surface area (Å²) < 4.78 is 40.3. The molecule has 26 heavy (non-hydrogen) atoms. The Labute approximate surface area is 157 Å². The summed E-state index contributed by atoms with van der Waals surface area (Å²) in [5.41, 5.74) is 0.933. The van der Waals surface area contributed by atoms with Gasteiger partial charge in [-0.1, -0.05) is 67.8 Å². The average molecular weight is 390 g/mol. The average Bonchev–Trinajstić information content (AvgIpc) is 2.68. The topological polar surface area (TPSA) is 54.5 Å². The maximum Gasteiger partial charge on any atom is 0.232 e. The summed E-state index contributed by atoms with van der Waals surface area (Å²) in [6.45, 7) is 0. The minimum absolute atomic E-state index is 0.0305. The highest BCUT2D eigenvalue weighted by Crippen LogP contribution is 2.48. The van der Waals surface area contributed by atoms with Gasteiger partial charge in [0.2, 0.25) is 10.0 Å². The molecule has 2 fully saturated rings. The molecule has 1 aliphatic heterocycles. The van der Waals surface area contributed by atoms with Crippen LogP contribution in [-0.2, 0) is 20.8 Å². The first kappa shape index (κ1) is 17.9. The Morgan fingerprint density at radius 3 is 2.04 bits per heavy atom. The minimum Gasteiger partial charge on any atom is -0.253 e. The van der Waals surface area contributed by atoms with Crippen molar-refractivity contribution in [2.24, 2.45) is 0 Å². The summed E-state index contributed by atoms with van der Waals surface area (Å²) in [5.74, 6) is 0. The zero-order valence-electron chi connectivity index (χ0n) is 14.5. The van der Waals surface area contributed by atoms with E-state index < -0.39 is 25.4 Å². The van der Waals surface area contributed by atoms with Crippen LogP contribution in [0.5, 0.6) is 0 Å². The van der Waals surface area contributed by atoms with Crippen molar-refractivity contribution in [2.45, 2.75) is 53.7 Å². The zero-order valence-corrected chi connectivity index (χ0v) is 16.2. The molecule has 2 aliphatic rings. The second-order valence-corrected chi connectivity index (χ2v) is 10.8. The quantitative estimate of drug-likeness (QED) is 0.798. The number of rotatable bonds is 4. The molecule has 1 aliphatic carbocycles. The molecular formula is C20H23NO3S2. The highest BCUT2D eigenvalue weighted by atomic mass is 32.3. The zero-order chi connectivity index (χ0) is 18.1. The van der Waals surface area contributed by atoms with Crippen LogP contribution in [0.4, 0.5) is 0 Å². The SMILES string of the molecule is O=[S@@](c1ccccc1)[C@@H]1[C@@H](c2ccccc2)N(C2CCCCC2)S1(=O)=O. The van der Waals surface area contributed by atoms with Crippen molar-refractivity contribution in [2.75, 3.05) is 0 Å². The van der Waals surface area contributed by atoms with Crippen LogP contribution in [0.2, 0.25) is 0 Å². The van der Waals surface area contributed by atoms with E-state index in [2.05, 4.69) is 0 Å². The van der Waals surface area contributed by atoms with Crippen LogP contribution in [0.3, 0.4) is 0 Å². The normalized spacial score (nSPS) is 27.5. The van der Waals surface area contributed by atoms with Crippen molar-refractivity contribution in [3.63, 3.8) is 0 Å². The third-order valence-corrected chi connectivity index (χ3v) is 10.0. The molecule has 3 atom stereocenters. The fourth-order valence-corrected chi connectivity index (χ4v) is 8.79. The maximum atomic E-state index is 13.2. The lowest BCUT2D eigenvalue weighted by Crippen LogP contribution is -2.63. The van der Waals surface area contributed by atoms with Crippen molar-refractivity contribution >= 4 is 20.8 Å². The van der Waals surface area contributed by atoms with Gasteiger partial charge in [0.1, 0.15) is 0 Å². The van der Waals surface area contributed by atoms with Gasteiger partial charge in [-0.15, -0.1) is 0 Å². The van der Waals surface area contributed by atoms with Gasteiger partial charge in [0.15, 0.2) is 4.58 Å². The monoisotopic (exact) mass is 389 g/mol. The predicted octanol–water partition coefficient (Wildman–Crippen LogP) is 3.84. The Bertz CT molecular complexity index is 878. The molecule has 0 spiro atoms. The highest BCUT2D eigenvalue weighted by molar-refractivity contribution is 8.06. The van der Waals surface area contributed by atoms with E-state index in [-0.39, 0.29) is 12.1 Å². The van der Waals surface area contributed by atoms with E-state index >= 15 is 0 Å². The van der Waals surface area contributed by atoms with Gasteiger partial charge >= 0.3 is 0 Å². The molecule has 4 rings (SSSR count). The van der Waals surface area contributed by atoms with E-state index in [1.165, 1.54) is 6.42 Å². The number of nitrogens with zero attached hydrogens (tertiary/aromatic N) is 1. The molecule has 6 heteroatoms. The van der Waals surface area contributed by atoms with Crippen LogP contribution in [0, 0.1) is 0 Å². The molecule has 2 aromatic rings. The van der Waals surface area contributed by atoms with Gasteiger partial charge in [-0.25, -0.2) is 8.42 Å². The summed E-state index contributed by atoms with van der Waals surface area (Å²) in [5, 5.41) is 0. The lowest BCUT2D eigenvalue weighted by molar-refractivity contribution is 0.175. The number of hydrogen-bond acceptors (Lipinski definition) is 3. The molecule has 0 aromatic heterocycles. The van der Waals surface area contributed by atoms with Gasteiger partial charge in [-0.2, -0.15) is 4.31 Å². The van der Waals surface area contributed by atoms with Gasteiger partial charge in [-0.3, -0.25) is 4.21 Å². The van der Waals surface area contributed by atoms with Crippen LogP contribution in [-0.4, -0.2) is 27.6 Å². The van der Waals surface area contributed by atoms with Crippen molar-refractivity contribution in [3.8, 4) is 0 Å². The lowest BCUT2D eigenvalue weighted by Gasteiger charge is -2.50. The molecule has 4 nitrogen and oxygen atoms in total. The van der Waals surface area contributed by atoms with Gasteiger partial charge in [0.05, 0.1) is 16.8 Å². The fourth-order valence-electron chi connectivity index (χ4n) is 4.14. The Morgan fingerprint density at radius 1 is 0.846 bits per heavy atom. The smallest absolute Gasteiger partial charge is 0.232 e. The molecule has 0 bridgehead atoms. The van der Waals surface area contributed by atoms with Crippen molar-refractivity contribution < 1.29 is 12.6 Å². The van der Waals surface area contributed by atoms with Gasteiger partial charge in [0, 0.05) is 10.9 Å². The summed E-state index contributed by atoms with van der Waals surface area (Å²) in [6, 6.07) is 18.3. The van der Waals surface area contributed by atoms with Crippen LogP contribution in [0.25, 0.3) is 0 Å². The van der Waals surface area contributed by atoms with E-state index in [0.29, 0.717) is 4.90 Å². The molecule has 0 unspecified atom stereocenters. The van der Waals surface area contributed by atoms with Crippen molar-refractivity contribution in [1.29, 1.82) is 0 Å². The summed E-state index contributed by atoms with van der Waals surface area (Å²) in [7, 11) is -5.17. The molecule has 2 aromatic carbocycles. The van der Waals surface area contributed by atoms with E-state index in [4.69, 9.17) is 0 Å². The van der Waals surface area contributed by atoms with Gasteiger partial charge < -0.3 is 0 Å². The molecule has 0 radical (unpaired) electrons. The second kappa shape index (κ2) is 7.25. The number of sulfonamides is 1. The molecule has 1 saturated carbocycles. The summed E-state index contributed by atoms with van der Waals surface area (Å²) >= 11 is 0. The lowest BCUT2D eigenvalue weighted by atomic mass is 9.94. The Hall–Kier alpha value is -1.50. The highest BCUT2D eigenvalue weighted by Gasteiger charge is 2.59. The second-order valence-electron chi connectivity index (χ2n) is 7.00. The number of hydrogen-bond donors (Lipinski definition) is 0. The van der Waals surface area contributed by atoms with Gasteiger partial charge in [-0.05, 0) is 30.5 Å². The first-order chi connectivity index (χ1) is 12.6. The van der Waals surface area contributed by atoms with Crippen LogP contribution >= 0.6 is 0 Å². The summed E-state index contributed by atoms with van der Waals surface area (Å²) in [6.07, 6.45) is 5.08. The Morgan fingerprint density at radius 2 is 1.42 bits per heavy atom. The van der Waals surface area contributed by atoms with E-state index in [1.807, 2.05) is 36.4 Å². The first-order valence-electron chi connectivity index (χ1n) is 9.13. The largest absolute Gasteiger partial charge is 0.253 e. The van der Waals surface area contributed by atoms with Crippen molar-refractivity contribution in [1.82, 2.24) is 4.31 Å². The Kier molecular flexibility index (Phi) is 4.99. The van der Waals surface area contributed by atoms with Gasteiger partial charge in [0.25, 0.3) is 0 Å². The maximum absolute atomic E-state index is 13.2. The third kappa shape index (κ3) is 3.04. The molecular weight excluding hydrogens is 366 g/mol. The minimum atomic E-state index is -3.57. The molecule has 138 valence electrons. The van der Waals surface area contributed by atoms with E-state index in [0.717, 1.165) is 31.2 Å². The predicted molar refractivity (Wildman–Crippen MR) is 103 cm³/mol. The molecule has 0 amide bonds. The van der Waals surface area contributed by atoms with E-state index in [9.17, 15) is 12.6 Å². The molecule has 1 heterocycles. The van der Waals surface area contributed by atoms with Crippen LogP contribution in [0.1, 0.15) is 43.7 Å². The first-order valence-corrected chi connectivity index (χ1v) is 11.9. The Balaban J connectivity index is 1.73. The fraction of sp³-hybridized carbons (Fsp3) is 0.400. The molecule has 1 saturated heterocycles. The standard InChI is InChI=1S/C20H23NO3S2/c22-25(18-14-8-3-9-15-18)20-19(16-10-4-1-5-11-16)21(26(20,23)24)17-12-6-2-7-13-17/h1,3-5,8-11,14-15,17,19-20H,2,6-7,12-13H2/t19-,20+,25+/m1/s1. The van der Waals surface area contributed by atoms with Crippen LogP contribution in [0.15, 0.2) is 65.6 Å². The van der Waals surface area contributed by atoms with E-state index in [1.54, 1.807) is 28.6 Å². The third-order valence-electron chi connectivity index (χ3n) is 5.38. The number of benzene rings is 2.